The lowest BCUT2D eigenvalue weighted by molar-refractivity contribution is 0.875. The second-order valence-corrected chi connectivity index (χ2v) is 5.63. The SMILES string of the molecule is CC(C)Sc1cc(NN)nc(C2CC2)n1. The van der Waals surface area contributed by atoms with Crippen LogP contribution < -0.4 is 11.3 Å². The number of thioether (sulfide) groups is 1. The maximum absolute atomic E-state index is 5.39. The number of aromatic nitrogens is 2. The van der Waals surface area contributed by atoms with Crippen molar-refractivity contribution >= 4 is 17.6 Å². The fraction of sp³-hybridized carbons (Fsp3) is 0.600. The first-order valence-corrected chi connectivity index (χ1v) is 6.09. The number of nitrogens with one attached hydrogen (secondary N) is 1. The topological polar surface area (TPSA) is 63.8 Å². The minimum atomic E-state index is 0.526. The van der Waals surface area contributed by atoms with Crippen molar-refractivity contribution in [2.45, 2.75) is 42.9 Å². The average molecular weight is 224 g/mol. The molecule has 0 atom stereocenters. The molecule has 1 aromatic heterocycles. The van der Waals surface area contributed by atoms with Gasteiger partial charge in [0.15, 0.2) is 0 Å². The van der Waals surface area contributed by atoms with Gasteiger partial charge in [-0.3, -0.25) is 0 Å². The van der Waals surface area contributed by atoms with E-state index >= 15 is 0 Å². The van der Waals surface area contributed by atoms with E-state index < -0.39 is 0 Å². The van der Waals surface area contributed by atoms with Crippen LogP contribution in [0.1, 0.15) is 38.4 Å². The van der Waals surface area contributed by atoms with Crippen LogP contribution in [0.25, 0.3) is 0 Å². The van der Waals surface area contributed by atoms with Crippen molar-refractivity contribution in [3.63, 3.8) is 0 Å². The van der Waals surface area contributed by atoms with E-state index in [1.54, 1.807) is 11.8 Å². The summed E-state index contributed by atoms with van der Waals surface area (Å²) in [6, 6.07) is 1.90. The smallest absolute Gasteiger partial charge is 0.144 e. The molecule has 0 saturated heterocycles. The Hall–Kier alpha value is -0.810. The number of hydrogen-bond acceptors (Lipinski definition) is 5. The van der Waals surface area contributed by atoms with Gasteiger partial charge in [-0.05, 0) is 12.8 Å². The van der Waals surface area contributed by atoms with Crippen LogP contribution in [0, 0.1) is 0 Å². The van der Waals surface area contributed by atoms with Crippen molar-refractivity contribution in [1.29, 1.82) is 0 Å². The van der Waals surface area contributed by atoms with E-state index in [1.165, 1.54) is 12.8 Å². The van der Waals surface area contributed by atoms with Crippen molar-refractivity contribution in [3.8, 4) is 0 Å². The summed E-state index contributed by atoms with van der Waals surface area (Å²) in [5, 5.41) is 1.53. The third-order valence-electron chi connectivity index (χ3n) is 2.17. The van der Waals surface area contributed by atoms with Crippen molar-refractivity contribution in [2.24, 2.45) is 5.84 Å². The van der Waals surface area contributed by atoms with Crippen molar-refractivity contribution in [1.82, 2.24) is 9.97 Å². The van der Waals surface area contributed by atoms with Crippen molar-refractivity contribution < 1.29 is 0 Å². The van der Waals surface area contributed by atoms with E-state index in [9.17, 15) is 0 Å². The zero-order chi connectivity index (χ0) is 10.8. The molecule has 1 aromatic rings. The van der Waals surface area contributed by atoms with E-state index in [0.29, 0.717) is 11.2 Å². The Bertz CT molecular complexity index is 349. The summed E-state index contributed by atoms with van der Waals surface area (Å²) < 4.78 is 0. The highest BCUT2D eigenvalue weighted by Crippen LogP contribution is 2.39. The summed E-state index contributed by atoms with van der Waals surface area (Å²) in [7, 11) is 0. The third-order valence-corrected chi connectivity index (χ3v) is 3.09. The van der Waals surface area contributed by atoms with Gasteiger partial charge in [-0.1, -0.05) is 13.8 Å². The fourth-order valence-corrected chi connectivity index (χ4v) is 2.15. The highest BCUT2D eigenvalue weighted by molar-refractivity contribution is 7.99. The summed E-state index contributed by atoms with van der Waals surface area (Å²) in [6.07, 6.45) is 2.42. The molecule has 1 heterocycles. The highest BCUT2D eigenvalue weighted by Gasteiger charge is 2.27. The first kappa shape index (κ1) is 10.7. The molecule has 0 amide bonds. The van der Waals surface area contributed by atoms with Crippen LogP contribution in [0.3, 0.4) is 0 Å². The molecule has 82 valence electrons. The van der Waals surface area contributed by atoms with Crippen LogP contribution in [0.5, 0.6) is 0 Å². The van der Waals surface area contributed by atoms with E-state index in [2.05, 4.69) is 29.2 Å². The second-order valence-electron chi connectivity index (χ2n) is 4.03. The maximum atomic E-state index is 5.39. The van der Waals surface area contributed by atoms with Crippen LogP contribution in [0.4, 0.5) is 5.82 Å². The monoisotopic (exact) mass is 224 g/mol. The Kier molecular flexibility index (Phi) is 3.11. The van der Waals surface area contributed by atoms with Crippen LogP contribution in [-0.4, -0.2) is 15.2 Å². The number of rotatable bonds is 4. The Morgan fingerprint density at radius 1 is 1.47 bits per heavy atom. The minimum absolute atomic E-state index is 0.526. The molecule has 0 bridgehead atoms. The van der Waals surface area contributed by atoms with Gasteiger partial charge in [0.1, 0.15) is 16.7 Å². The molecule has 1 aliphatic carbocycles. The molecular formula is C10H16N4S. The number of hydrogen-bond donors (Lipinski definition) is 2. The van der Waals surface area contributed by atoms with Gasteiger partial charge >= 0.3 is 0 Å². The molecule has 0 unspecified atom stereocenters. The van der Waals surface area contributed by atoms with Gasteiger partial charge in [0.2, 0.25) is 0 Å². The fourth-order valence-electron chi connectivity index (χ4n) is 1.34. The summed E-state index contributed by atoms with van der Waals surface area (Å²) in [4.78, 5) is 8.90. The molecule has 0 aliphatic heterocycles. The first-order chi connectivity index (χ1) is 7.19. The summed E-state index contributed by atoms with van der Waals surface area (Å²) in [5.74, 6) is 7.61. The number of nitrogens with zero attached hydrogens (tertiary/aromatic N) is 2. The Morgan fingerprint density at radius 3 is 2.73 bits per heavy atom. The Morgan fingerprint density at radius 2 is 2.20 bits per heavy atom. The number of anilines is 1. The molecule has 4 nitrogen and oxygen atoms in total. The zero-order valence-electron chi connectivity index (χ0n) is 9.03. The van der Waals surface area contributed by atoms with Crippen LogP contribution in [-0.2, 0) is 0 Å². The highest BCUT2D eigenvalue weighted by atomic mass is 32.2. The van der Waals surface area contributed by atoms with E-state index in [-0.39, 0.29) is 0 Å². The standard InChI is InChI=1S/C10H16N4S/c1-6(2)15-9-5-8(14-11)12-10(13-9)7-3-4-7/h5-7H,3-4,11H2,1-2H3,(H,12,13,14). The molecular weight excluding hydrogens is 208 g/mol. The molecule has 0 aromatic carbocycles. The number of nitrogens with two attached hydrogens (primary N) is 1. The van der Waals surface area contributed by atoms with Gasteiger partial charge in [0.25, 0.3) is 0 Å². The molecule has 5 heteroatoms. The quantitative estimate of drug-likeness (QED) is 0.355. The van der Waals surface area contributed by atoms with Crippen LogP contribution >= 0.6 is 11.8 Å². The number of hydrazine groups is 1. The Labute approximate surface area is 94.0 Å². The van der Waals surface area contributed by atoms with Gasteiger partial charge in [-0.2, -0.15) is 0 Å². The molecule has 2 rings (SSSR count). The summed E-state index contributed by atoms with van der Waals surface area (Å²) in [5.41, 5.74) is 2.60. The van der Waals surface area contributed by atoms with Crippen molar-refractivity contribution in [3.05, 3.63) is 11.9 Å². The lowest BCUT2D eigenvalue weighted by Gasteiger charge is -2.08. The lowest BCUT2D eigenvalue weighted by atomic mass is 10.4. The molecule has 3 N–H and O–H groups in total. The summed E-state index contributed by atoms with van der Waals surface area (Å²) in [6.45, 7) is 4.30. The second kappa shape index (κ2) is 4.37. The lowest BCUT2D eigenvalue weighted by Crippen LogP contribution is -2.10. The molecule has 1 fully saturated rings. The molecule has 1 saturated carbocycles. The molecule has 1 aliphatic rings. The maximum Gasteiger partial charge on any atom is 0.144 e. The predicted molar refractivity (Wildman–Crippen MR) is 62.8 cm³/mol. The van der Waals surface area contributed by atoms with Gasteiger partial charge in [0, 0.05) is 17.2 Å². The normalized spacial score (nSPS) is 15.7. The Balaban J connectivity index is 2.24. The van der Waals surface area contributed by atoms with E-state index in [0.717, 1.165) is 16.7 Å². The third kappa shape index (κ3) is 2.82. The first-order valence-electron chi connectivity index (χ1n) is 5.21. The van der Waals surface area contributed by atoms with Crippen molar-refractivity contribution in [2.75, 3.05) is 5.43 Å². The minimum Gasteiger partial charge on any atom is -0.308 e. The van der Waals surface area contributed by atoms with Gasteiger partial charge in [-0.25, -0.2) is 15.8 Å². The van der Waals surface area contributed by atoms with E-state index in [1.807, 2.05) is 6.07 Å². The van der Waals surface area contributed by atoms with Gasteiger partial charge in [0.05, 0.1) is 0 Å². The molecule has 15 heavy (non-hydrogen) atoms. The van der Waals surface area contributed by atoms with Crippen LogP contribution in [0.2, 0.25) is 0 Å². The van der Waals surface area contributed by atoms with E-state index in [4.69, 9.17) is 5.84 Å². The zero-order valence-corrected chi connectivity index (χ0v) is 9.84. The molecule has 0 radical (unpaired) electrons. The van der Waals surface area contributed by atoms with Crippen LogP contribution in [0.15, 0.2) is 11.1 Å². The van der Waals surface area contributed by atoms with Gasteiger partial charge in [-0.15, -0.1) is 11.8 Å². The molecule has 0 spiro atoms. The van der Waals surface area contributed by atoms with Gasteiger partial charge < -0.3 is 5.43 Å². The predicted octanol–water partition coefficient (Wildman–Crippen LogP) is 2.14. The largest absolute Gasteiger partial charge is 0.308 e. The number of nitrogen functional groups attached to an aromatic ring is 1. The average Bonchev–Trinajstić information content (AvgIpc) is 2.99. The summed E-state index contributed by atoms with van der Waals surface area (Å²) >= 11 is 1.74.